The summed E-state index contributed by atoms with van der Waals surface area (Å²) in [5.74, 6) is 1.53. The number of carbonyl (C=O) groups is 1. The number of nitrogens with one attached hydrogen (secondary N) is 3. The van der Waals surface area contributed by atoms with Gasteiger partial charge >= 0.3 is 0 Å². The topological polar surface area (TPSA) is 75.3 Å². The highest BCUT2D eigenvalue weighted by atomic mass is 32.2. The second kappa shape index (κ2) is 8.66. The van der Waals surface area contributed by atoms with Crippen LogP contribution in [-0.4, -0.2) is 30.8 Å². The normalized spacial score (nSPS) is 19.8. The second-order valence-electron chi connectivity index (χ2n) is 5.77. The minimum Gasteiger partial charge on any atom is -0.497 e. The van der Waals surface area contributed by atoms with Crippen molar-refractivity contribution in [2.75, 3.05) is 19.9 Å². The fraction of sp³-hybridized carbons (Fsp3) is 0.412. The molecule has 1 aromatic heterocycles. The van der Waals surface area contributed by atoms with Crippen molar-refractivity contribution < 1.29 is 9.53 Å². The maximum Gasteiger partial charge on any atom is 0.226 e. The molecule has 0 spiro atoms. The molecule has 134 valence electrons. The molecule has 3 N–H and O–H groups in total. The van der Waals surface area contributed by atoms with Gasteiger partial charge in [0.25, 0.3) is 0 Å². The SMILES string of the molecule is COc1cccc(C2NNCC2C(=O)NCc2csc(CSC)n2)c1. The molecule has 1 saturated heterocycles. The summed E-state index contributed by atoms with van der Waals surface area (Å²) in [5.41, 5.74) is 8.23. The van der Waals surface area contributed by atoms with Crippen molar-refractivity contribution in [1.29, 1.82) is 0 Å². The number of benzene rings is 1. The van der Waals surface area contributed by atoms with Crippen LogP contribution in [0.4, 0.5) is 0 Å². The van der Waals surface area contributed by atoms with Gasteiger partial charge in [0.15, 0.2) is 0 Å². The number of carbonyl (C=O) groups excluding carboxylic acids is 1. The van der Waals surface area contributed by atoms with Crippen molar-refractivity contribution in [3.05, 3.63) is 45.9 Å². The van der Waals surface area contributed by atoms with Crippen molar-refractivity contribution in [2.45, 2.75) is 18.3 Å². The van der Waals surface area contributed by atoms with Gasteiger partial charge in [-0.1, -0.05) is 12.1 Å². The monoisotopic (exact) mass is 378 g/mol. The Kier molecular flexibility index (Phi) is 6.30. The van der Waals surface area contributed by atoms with Crippen LogP contribution in [-0.2, 0) is 17.1 Å². The average Bonchev–Trinajstić information content (AvgIpc) is 3.29. The summed E-state index contributed by atoms with van der Waals surface area (Å²) in [7, 11) is 1.64. The molecule has 25 heavy (non-hydrogen) atoms. The Labute approximate surface area is 155 Å². The molecule has 0 aliphatic carbocycles. The van der Waals surface area contributed by atoms with Gasteiger partial charge < -0.3 is 10.1 Å². The maximum atomic E-state index is 12.6. The van der Waals surface area contributed by atoms with E-state index in [0.29, 0.717) is 13.1 Å². The van der Waals surface area contributed by atoms with Crippen molar-refractivity contribution in [1.82, 2.24) is 21.2 Å². The predicted octanol–water partition coefficient (Wildman–Crippen LogP) is 2.10. The Morgan fingerprint density at radius 2 is 2.40 bits per heavy atom. The van der Waals surface area contributed by atoms with Gasteiger partial charge in [-0.25, -0.2) is 10.4 Å². The molecular formula is C17H22N4O2S2. The van der Waals surface area contributed by atoms with Gasteiger partial charge in [-0.05, 0) is 24.0 Å². The third-order valence-electron chi connectivity index (χ3n) is 4.08. The smallest absolute Gasteiger partial charge is 0.226 e. The van der Waals surface area contributed by atoms with E-state index in [1.54, 1.807) is 30.2 Å². The summed E-state index contributed by atoms with van der Waals surface area (Å²) in [6.07, 6.45) is 2.06. The van der Waals surface area contributed by atoms with Crippen LogP contribution < -0.4 is 20.9 Å². The highest BCUT2D eigenvalue weighted by molar-refractivity contribution is 7.97. The highest BCUT2D eigenvalue weighted by Crippen LogP contribution is 2.27. The summed E-state index contributed by atoms with van der Waals surface area (Å²) in [4.78, 5) is 17.2. The molecule has 2 unspecified atom stereocenters. The number of aromatic nitrogens is 1. The summed E-state index contributed by atoms with van der Waals surface area (Å²) in [5, 5.41) is 6.12. The van der Waals surface area contributed by atoms with E-state index in [9.17, 15) is 4.79 Å². The van der Waals surface area contributed by atoms with E-state index in [4.69, 9.17) is 4.74 Å². The van der Waals surface area contributed by atoms with Crippen LogP contribution in [0.5, 0.6) is 5.75 Å². The van der Waals surface area contributed by atoms with E-state index in [1.165, 1.54) is 0 Å². The van der Waals surface area contributed by atoms with Crippen molar-refractivity contribution in [2.24, 2.45) is 5.92 Å². The minimum absolute atomic E-state index is 0.0183. The van der Waals surface area contributed by atoms with Crippen molar-refractivity contribution >= 4 is 29.0 Å². The van der Waals surface area contributed by atoms with Gasteiger partial charge in [-0.2, -0.15) is 11.8 Å². The lowest BCUT2D eigenvalue weighted by atomic mass is 9.94. The number of rotatable bonds is 7. The van der Waals surface area contributed by atoms with Gasteiger partial charge in [0.2, 0.25) is 5.91 Å². The van der Waals surface area contributed by atoms with Gasteiger partial charge in [-0.15, -0.1) is 11.3 Å². The minimum atomic E-state index is -0.184. The molecule has 2 aromatic rings. The first-order valence-corrected chi connectivity index (χ1v) is 10.3. The molecule has 1 aromatic carbocycles. The summed E-state index contributed by atoms with van der Waals surface area (Å²) in [6, 6.07) is 7.71. The van der Waals surface area contributed by atoms with Gasteiger partial charge in [0, 0.05) is 17.7 Å². The fourth-order valence-electron chi connectivity index (χ4n) is 2.82. The lowest BCUT2D eigenvalue weighted by Gasteiger charge is -2.18. The number of thiazole rings is 1. The number of hydrogen-bond acceptors (Lipinski definition) is 7. The molecular weight excluding hydrogens is 356 g/mol. The molecule has 6 nitrogen and oxygen atoms in total. The number of methoxy groups -OCH3 is 1. The van der Waals surface area contributed by atoms with E-state index >= 15 is 0 Å². The molecule has 3 rings (SSSR count). The molecule has 0 radical (unpaired) electrons. The molecule has 8 heteroatoms. The average molecular weight is 379 g/mol. The fourth-order valence-corrected chi connectivity index (χ4v) is 4.34. The standard InChI is InChI=1S/C17H22N4O2S2/c1-23-13-5-3-4-11(6-13)16-14(8-19-21-16)17(22)18-7-12-9-25-15(20-12)10-24-2/h3-6,9,14,16,19,21H,7-8,10H2,1-2H3,(H,18,22). The van der Waals surface area contributed by atoms with Crippen LogP contribution in [0, 0.1) is 5.92 Å². The molecule has 1 aliphatic rings. The zero-order chi connectivity index (χ0) is 17.6. The number of hydrazine groups is 1. The Morgan fingerprint density at radius 3 is 3.20 bits per heavy atom. The number of amides is 1. The third kappa shape index (κ3) is 4.52. The van der Waals surface area contributed by atoms with Crippen LogP contribution in [0.1, 0.15) is 22.3 Å². The molecule has 0 saturated carbocycles. The lowest BCUT2D eigenvalue weighted by molar-refractivity contribution is -0.125. The largest absolute Gasteiger partial charge is 0.497 e. The van der Waals surface area contributed by atoms with Crippen LogP contribution in [0.3, 0.4) is 0 Å². The number of hydrogen-bond donors (Lipinski definition) is 3. The Balaban J connectivity index is 1.62. The first kappa shape index (κ1) is 18.2. The van der Waals surface area contributed by atoms with E-state index in [-0.39, 0.29) is 17.9 Å². The summed E-state index contributed by atoms with van der Waals surface area (Å²) in [6.45, 7) is 1.05. The number of ether oxygens (including phenoxy) is 1. The summed E-state index contributed by atoms with van der Waals surface area (Å²) >= 11 is 3.39. The number of nitrogens with zero attached hydrogens (tertiary/aromatic N) is 1. The first-order chi connectivity index (χ1) is 12.2. The van der Waals surface area contributed by atoms with E-state index in [1.807, 2.05) is 29.6 Å². The van der Waals surface area contributed by atoms with Gasteiger partial charge in [0.05, 0.1) is 31.3 Å². The Morgan fingerprint density at radius 1 is 1.52 bits per heavy atom. The van der Waals surface area contributed by atoms with Gasteiger partial charge in [0.1, 0.15) is 10.8 Å². The highest BCUT2D eigenvalue weighted by Gasteiger charge is 2.34. The van der Waals surface area contributed by atoms with Crippen LogP contribution >= 0.6 is 23.1 Å². The van der Waals surface area contributed by atoms with Crippen LogP contribution in [0.15, 0.2) is 29.6 Å². The van der Waals surface area contributed by atoms with Gasteiger partial charge in [-0.3, -0.25) is 10.2 Å². The number of thioether (sulfide) groups is 1. The Bertz CT molecular complexity index is 722. The van der Waals surface area contributed by atoms with Crippen molar-refractivity contribution in [3.63, 3.8) is 0 Å². The molecule has 2 atom stereocenters. The molecule has 0 bridgehead atoms. The first-order valence-electron chi connectivity index (χ1n) is 8.03. The zero-order valence-electron chi connectivity index (χ0n) is 14.2. The molecule has 1 amide bonds. The lowest BCUT2D eigenvalue weighted by Crippen LogP contribution is -2.34. The van der Waals surface area contributed by atoms with Crippen molar-refractivity contribution in [3.8, 4) is 5.75 Å². The predicted molar refractivity (Wildman–Crippen MR) is 102 cm³/mol. The van der Waals surface area contributed by atoms with Crippen LogP contribution in [0.2, 0.25) is 0 Å². The second-order valence-corrected chi connectivity index (χ2v) is 7.58. The summed E-state index contributed by atoms with van der Waals surface area (Å²) < 4.78 is 5.28. The molecule has 1 fully saturated rings. The molecule has 1 aliphatic heterocycles. The van der Waals surface area contributed by atoms with Crippen LogP contribution in [0.25, 0.3) is 0 Å². The Hall–Kier alpha value is -1.61. The third-order valence-corrected chi connectivity index (χ3v) is 5.72. The zero-order valence-corrected chi connectivity index (χ0v) is 15.9. The van der Waals surface area contributed by atoms with E-state index in [2.05, 4.69) is 27.4 Å². The quantitative estimate of drug-likeness (QED) is 0.685. The molecule has 2 heterocycles. The maximum absolute atomic E-state index is 12.6. The van der Waals surface area contributed by atoms with E-state index < -0.39 is 0 Å². The van der Waals surface area contributed by atoms with E-state index in [0.717, 1.165) is 27.8 Å².